The minimum absolute atomic E-state index is 0.172. The molecule has 0 radical (unpaired) electrons. The van der Waals surface area contributed by atoms with Gasteiger partial charge in [-0.05, 0) is 19.4 Å². The van der Waals surface area contributed by atoms with Gasteiger partial charge in [-0.1, -0.05) is 31.0 Å². The van der Waals surface area contributed by atoms with E-state index in [0.29, 0.717) is 17.7 Å². The van der Waals surface area contributed by atoms with Crippen molar-refractivity contribution in [2.75, 3.05) is 6.54 Å². The monoisotopic (exact) mass is 261 g/mol. The topological polar surface area (TPSA) is 58.6 Å². The third-order valence-electron chi connectivity index (χ3n) is 2.70. The van der Waals surface area contributed by atoms with Gasteiger partial charge >= 0.3 is 0 Å². The zero-order valence-corrected chi connectivity index (χ0v) is 11.2. The van der Waals surface area contributed by atoms with Crippen LogP contribution in [0.4, 0.5) is 0 Å². The fraction of sp³-hybridized carbons (Fsp3) is 0.400. The van der Waals surface area contributed by atoms with E-state index in [1.165, 1.54) is 0 Å². The number of carbonyl (C=O) groups is 1. The van der Waals surface area contributed by atoms with Gasteiger partial charge in [-0.3, -0.25) is 4.79 Å². The molecule has 19 heavy (non-hydrogen) atoms. The number of hydrogen-bond acceptors (Lipinski definition) is 3. The lowest BCUT2D eigenvalue weighted by molar-refractivity contribution is -0.127. The Labute approximate surface area is 113 Å². The van der Waals surface area contributed by atoms with Crippen molar-refractivity contribution in [3.8, 4) is 18.1 Å². The summed E-state index contributed by atoms with van der Waals surface area (Å²) >= 11 is 0. The second-order valence-electron chi connectivity index (χ2n) is 4.14. The largest absolute Gasteiger partial charge is 0.481 e. The fourth-order valence-electron chi connectivity index (χ4n) is 1.61. The minimum atomic E-state index is -0.668. The van der Waals surface area contributed by atoms with E-state index in [9.17, 15) is 9.90 Å². The standard InChI is InChI=1S/C15H19NO3/c1-4-10-16-15(18)11(3)19-14-9-7-6-8-12(14)13(17)5-2/h1,6-9,11,13,17H,5,10H2,2-3H3,(H,16,18). The van der Waals surface area contributed by atoms with E-state index in [1.807, 2.05) is 13.0 Å². The normalized spacial score (nSPS) is 13.2. The van der Waals surface area contributed by atoms with Crippen molar-refractivity contribution in [2.24, 2.45) is 0 Å². The lowest BCUT2D eigenvalue weighted by Gasteiger charge is -2.18. The molecular formula is C15H19NO3. The van der Waals surface area contributed by atoms with Crippen molar-refractivity contribution in [2.45, 2.75) is 32.5 Å². The van der Waals surface area contributed by atoms with Crippen LogP contribution in [0.15, 0.2) is 24.3 Å². The Bertz CT molecular complexity index is 465. The number of aliphatic hydroxyl groups is 1. The van der Waals surface area contributed by atoms with Crippen LogP contribution in [0.2, 0.25) is 0 Å². The molecule has 0 heterocycles. The summed E-state index contributed by atoms with van der Waals surface area (Å²) in [6, 6.07) is 7.15. The van der Waals surface area contributed by atoms with Crippen LogP contribution >= 0.6 is 0 Å². The number of aliphatic hydroxyl groups excluding tert-OH is 1. The molecule has 2 atom stereocenters. The molecule has 1 aromatic carbocycles. The fourth-order valence-corrected chi connectivity index (χ4v) is 1.61. The molecule has 0 saturated heterocycles. The van der Waals surface area contributed by atoms with Gasteiger partial charge in [0.25, 0.3) is 5.91 Å². The Hall–Kier alpha value is -1.99. The lowest BCUT2D eigenvalue weighted by atomic mass is 10.1. The second kappa shape index (κ2) is 7.45. The first kappa shape index (κ1) is 15.1. The number of benzene rings is 1. The van der Waals surface area contributed by atoms with Crippen LogP contribution in [0.25, 0.3) is 0 Å². The molecule has 102 valence electrons. The summed E-state index contributed by atoms with van der Waals surface area (Å²) in [4.78, 5) is 11.7. The van der Waals surface area contributed by atoms with Crippen LogP contribution in [-0.4, -0.2) is 23.7 Å². The molecule has 4 heteroatoms. The summed E-state index contributed by atoms with van der Waals surface area (Å²) in [5, 5.41) is 12.4. The Morgan fingerprint density at radius 3 is 2.84 bits per heavy atom. The molecule has 0 spiro atoms. The molecule has 0 saturated carbocycles. The first-order valence-corrected chi connectivity index (χ1v) is 6.25. The number of rotatable bonds is 6. The molecule has 0 aliphatic rings. The SMILES string of the molecule is C#CCNC(=O)C(C)Oc1ccccc1C(O)CC. The number of ether oxygens (including phenoxy) is 1. The highest BCUT2D eigenvalue weighted by Crippen LogP contribution is 2.27. The molecule has 1 amide bonds. The molecule has 4 nitrogen and oxygen atoms in total. The summed E-state index contributed by atoms with van der Waals surface area (Å²) in [7, 11) is 0. The Morgan fingerprint density at radius 1 is 1.53 bits per heavy atom. The molecular weight excluding hydrogens is 242 g/mol. The number of nitrogens with one attached hydrogen (secondary N) is 1. The van der Waals surface area contributed by atoms with Crippen LogP contribution in [0.1, 0.15) is 31.9 Å². The summed E-state index contributed by atoms with van der Waals surface area (Å²) in [6.07, 6.45) is 4.39. The average Bonchev–Trinajstić information content (AvgIpc) is 2.44. The van der Waals surface area contributed by atoms with Crippen LogP contribution in [0.3, 0.4) is 0 Å². The number of amides is 1. The van der Waals surface area contributed by atoms with E-state index in [-0.39, 0.29) is 12.5 Å². The number of terminal acetylenes is 1. The molecule has 0 aromatic heterocycles. The van der Waals surface area contributed by atoms with Gasteiger partial charge in [-0.15, -0.1) is 6.42 Å². The van der Waals surface area contributed by atoms with Gasteiger partial charge in [0.05, 0.1) is 12.6 Å². The van der Waals surface area contributed by atoms with Gasteiger partial charge < -0.3 is 15.2 Å². The maximum atomic E-state index is 11.7. The van der Waals surface area contributed by atoms with Gasteiger partial charge in [0.15, 0.2) is 6.10 Å². The highest BCUT2D eigenvalue weighted by molar-refractivity contribution is 5.80. The van der Waals surface area contributed by atoms with Crippen LogP contribution in [0, 0.1) is 12.3 Å². The first-order valence-electron chi connectivity index (χ1n) is 6.25. The third-order valence-corrected chi connectivity index (χ3v) is 2.70. The number of carbonyl (C=O) groups excluding carboxylic acids is 1. The molecule has 0 bridgehead atoms. The predicted molar refractivity (Wildman–Crippen MR) is 73.6 cm³/mol. The van der Waals surface area contributed by atoms with Gasteiger partial charge in [0.1, 0.15) is 5.75 Å². The predicted octanol–water partition coefficient (Wildman–Crippen LogP) is 1.65. The zero-order valence-electron chi connectivity index (χ0n) is 11.2. The molecule has 1 aromatic rings. The number of hydrogen-bond donors (Lipinski definition) is 2. The maximum absolute atomic E-state index is 11.7. The van der Waals surface area contributed by atoms with Crippen molar-refractivity contribution in [1.82, 2.24) is 5.32 Å². The van der Waals surface area contributed by atoms with E-state index in [4.69, 9.17) is 11.2 Å². The highest BCUT2D eigenvalue weighted by atomic mass is 16.5. The zero-order chi connectivity index (χ0) is 14.3. The van der Waals surface area contributed by atoms with Gasteiger partial charge in [-0.25, -0.2) is 0 Å². The Morgan fingerprint density at radius 2 is 2.21 bits per heavy atom. The smallest absolute Gasteiger partial charge is 0.261 e. The van der Waals surface area contributed by atoms with E-state index >= 15 is 0 Å². The van der Waals surface area contributed by atoms with Gasteiger partial charge in [0.2, 0.25) is 0 Å². The molecule has 2 N–H and O–H groups in total. The lowest BCUT2D eigenvalue weighted by Crippen LogP contribution is -2.36. The molecule has 0 aliphatic carbocycles. The molecule has 2 unspecified atom stereocenters. The van der Waals surface area contributed by atoms with Gasteiger partial charge in [-0.2, -0.15) is 0 Å². The third kappa shape index (κ3) is 4.31. The van der Waals surface area contributed by atoms with Crippen molar-refractivity contribution in [1.29, 1.82) is 0 Å². The van der Waals surface area contributed by atoms with E-state index in [0.717, 1.165) is 0 Å². The Kier molecular flexibility index (Phi) is 5.91. The van der Waals surface area contributed by atoms with Crippen molar-refractivity contribution in [3.05, 3.63) is 29.8 Å². The summed E-state index contributed by atoms with van der Waals surface area (Å²) in [5.41, 5.74) is 0.682. The summed E-state index contributed by atoms with van der Waals surface area (Å²) in [6.45, 7) is 3.69. The van der Waals surface area contributed by atoms with Gasteiger partial charge in [0, 0.05) is 5.56 Å². The molecule has 0 aliphatic heterocycles. The van der Waals surface area contributed by atoms with Crippen LogP contribution in [0.5, 0.6) is 5.75 Å². The van der Waals surface area contributed by atoms with E-state index in [2.05, 4.69) is 11.2 Å². The van der Waals surface area contributed by atoms with Crippen molar-refractivity contribution in [3.63, 3.8) is 0 Å². The maximum Gasteiger partial charge on any atom is 0.261 e. The van der Waals surface area contributed by atoms with Crippen LogP contribution in [-0.2, 0) is 4.79 Å². The van der Waals surface area contributed by atoms with E-state index in [1.54, 1.807) is 25.1 Å². The molecule has 1 rings (SSSR count). The van der Waals surface area contributed by atoms with Crippen molar-refractivity contribution >= 4 is 5.91 Å². The van der Waals surface area contributed by atoms with Crippen LogP contribution < -0.4 is 10.1 Å². The summed E-state index contributed by atoms with van der Waals surface area (Å²) < 4.78 is 5.59. The second-order valence-corrected chi connectivity index (χ2v) is 4.14. The minimum Gasteiger partial charge on any atom is -0.481 e. The number of para-hydroxylation sites is 1. The summed E-state index contributed by atoms with van der Waals surface area (Å²) in [5.74, 6) is 2.56. The average molecular weight is 261 g/mol. The quantitative estimate of drug-likeness (QED) is 0.765. The Balaban J connectivity index is 2.76. The highest BCUT2D eigenvalue weighted by Gasteiger charge is 2.17. The molecule has 0 fully saturated rings. The first-order chi connectivity index (χ1) is 9.10. The van der Waals surface area contributed by atoms with E-state index < -0.39 is 12.2 Å². The van der Waals surface area contributed by atoms with Crippen molar-refractivity contribution < 1.29 is 14.6 Å².